The lowest BCUT2D eigenvalue weighted by atomic mass is 10.2. The van der Waals surface area contributed by atoms with Gasteiger partial charge in [-0.25, -0.2) is 4.79 Å². The van der Waals surface area contributed by atoms with Gasteiger partial charge in [-0.15, -0.1) is 0 Å². The summed E-state index contributed by atoms with van der Waals surface area (Å²) in [6.07, 6.45) is 1.43. The molecule has 0 aliphatic carbocycles. The molecule has 0 radical (unpaired) electrons. The Bertz CT molecular complexity index is 419. The quantitative estimate of drug-likeness (QED) is 0.443. The molecular formula is C13H15NO2. The lowest BCUT2D eigenvalue weighted by Gasteiger charge is -2.00. The molecule has 0 fully saturated rings. The molecule has 0 saturated carbocycles. The molecule has 3 heteroatoms. The second-order valence-corrected chi connectivity index (χ2v) is 3.38. The zero-order valence-electron chi connectivity index (χ0n) is 9.73. The fourth-order valence-electron chi connectivity index (χ4n) is 1.12. The van der Waals surface area contributed by atoms with Gasteiger partial charge in [0.1, 0.15) is 0 Å². The number of benzene rings is 1. The van der Waals surface area contributed by atoms with Gasteiger partial charge in [0.2, 0.25) is 0 Å². The van der Waals surface area contributed by atoms with E-state index in [9.17, 15) is 4.79 Å². The van der Waals surface area contributed by atoms with Crippen LogP contribution in [0, 0.1) is 0 Å². The van der Waals surface area contributed by atoms with Crippen LogP contribution in [0.2, 0.25) is 0 Å². The van der Waals surface area contributed by atoms with E-state index in [0.29, 0.717) is 0 Å². The van der Waals surface area contributed by atoms with Gasteiger partial charge in [-0.3, -0.25) is 4.99 Å². The van der Waals surface area contributed by atoms with Gasteiger partial charge in [-0.05, 0) is 31.6 Å². The zero-order valence-corrected chi connectivity index (χ0v) is 9.73. The van der Waals surface area contributed by atoms with Crippen molar-refractivity contribution in [3.8, 4) is 0 Å². The van der Waals surface area contributed by atoms with Gasteiger partial charge in [0.05, 0.1) is 12.8 Å². The smallest absolute Gasteiger partial charge is 0.330 e. The molecule has 0 saturated heterocycles. The number of ether oxygens (including phenoxy) is 1. The standard InChI is InChI=1S/C13H15NO2/c1-10(9-13(15)16-3)11(2)14-12-7-5-4-6-8-12/h4-9H,1-3H3/b10-9-,14-11?. The summed E-state index contributed by atoms with van der Waals surface area (Å²) >= 11 is 0. The van der Waals surface area contributed by atoms with Gasteiger partial charge in [0.15, 0.2) is 0 Å². The molecule has 3 nitrogen and oxygen atoms in total. The van der Waals surface area contributed by atoms with Gasteiger partial charge in [-0.1, -0.05) is 18.2 Å². The number of allylic oxidation sites excluding steroid dienone is 1. The van der Waals surface area contributed by atoms with E-state index in [1.807, 2.05) is 44.2 Å². The molecule has 0 spiro atoms. The molecule has 0 N–H and O–H groups in total. The topological polar surface area (TPSA) is 38.7 Å². The summed E-state index contributed by atoms with van der Waals surface area (Å²) in [6.45, 7) is 3.69. The Morgan fingerprint density at radius 3 is 2.44 bits per heavy atom. The lowest BCUT2D eigenvalue weighted by molar-refractivity contribution is -0.134. The molecule has 0 aromatic heterocycles. The molecule has 1 aromatic carbocycles. The molecule has 0 unspecified atom stereocenters. The minimum Gasteiger partial charge on any atom is -0.466 e. The van der Waals surface area contributed by atoms with Crippen LogP contribution in [0.4, 0.5) is 5.69 Å². The molecule has 0 bridgehead atoms. The number of rotatable bonds is 3. The van der Waals surface area contributed by atoms with Crippen LogP contribution in [0.5, 0.6) is 0 Å². The first-order valence-electron chi connectivity index (χ1n) is 5.00. The first-order chi connectivity index (χ1) is 7.63. The third-order valence-corrected chi connectivity index (χ3v) is 2.16. The number of hydrogen-bond acceptors (Lipinski definition) is 3. The van der Waals surface area contributed by atoms with E-state index >= 15 is 0 Å². The van der Waals surface area contributed by atoms with Crippen molar-refractivity contribution in [2.24, 2.45) is 4.99 Å². The first kappa shape index (κ1) is 12.2. The maximum atomic E-state index is 11.0. The highest BCUT2D eigenvalue weighted by Crippen LogP contribution is 2.12. The number of carbonyl (C=O) groups is 1. The van der Waals surface area contributed by atoms with Crippen molar-refractivity contribution in [2.45, 2.75) is 13.8 Å². The van der Waals surface area contributed by atoms with Gasteiger partial charge >= 0.3 is 5.97 Å². The van der Waals surface area contributed by atoms with E-state index < -0.39 is 0 Å². The van der Waals surface area contributed by atoms with Crippen molar-refractivity contribution >= 4 is 17.4 Å². The number of carbonyl (C=O) groups excluding carboxylic acids is 1. The number of para-hydroxylation sites is 1. The molecule has 0 aliphatic heterocycles. The van der Waals surface area contributed by atoms with Gasteiger partial charge < -0.3 is 4.74 Å². The molecule has 84 valence electrons. The van der Waals surface area contributed by atoms with Crippen LogP contribution >= 0.6 is 0 Å². The minimum absolute atomic E-state index is 0.361. The Morgan fingerprint density at radius 1 is 1.25 bits per heavy atom. The summed E-state index contributed by atoms with van der Waals surface area (Å²) in [5.41, 5.74) is 2.48. The number of aliphatic imine (C=N–C) groups is 1. The van der Waals surface area contributed by atoms with Crippen molar-refractivity contribution in [3.63, 3.8) is 0 Å². The number of hydrogen-bond donors (Lipinski definition) is 0. The van der Waals surface area contributed by atoms with E-state index in [1.54, 1.807) is 0 Å². The van der Waals surface area contributed by atoms with Crippen molar-refractivity contribution in [3.05, 3.63) is 42.0 Å². The second kappa shape index (κ2) is 5.85. The fraction of sp³-hybridized carbons (Fsp3) is 0.231. The molecular weight excluding hydrogens is 202 g/mol. The largest absolute Gasteiger partial charge is 0.466 e. The SMILES string of the molecule is COC(=O)/C=C(/C)C(C)=Nc1ccccc1. The lowest BCUT2D eigenvalue weighted by Crippen LogP contribution is -2.00. The molecule has 16 heavy (non-hydrogen) atoms. The summed E-state index contributed by atoms with van der Waals surface area (Å²) in [5, 5.41) is 0. The summed E-state index contributed by atoms with van der Waals surface area (Å²) in [7, 11) is 1.36. The van der Waals surface area contributed by atoms with Gasteiger partial charge in [0.25, 0.3) is 0 Å². The van der Waals surface area contributed by atoms with E-state index in [4.69, 9.17) is 0 Å². The summed E-state index contributed by atoms with van der Waals surface area (Å²) < 4.78 is 4.55. The second-order valence-electron chi connectivity index (χ2n) is 3.38. The average Bonchev–Trinajstić information content (AvgIpc) is 2.30. The van der Waals surface area contributed by atoms with Crippen LogP contribution in [0.1, 0.15) is 13.8 Å². The third kappa shape index (κ3) is 3.69. The number of nitrogens with zero attached hydrogens (tertiary/aromatic N) is 1. The van der Waals surface area contributed by atoms with E-state index in [2.05, 4.69) is 9.73 Å². The van der Waals surface area contributed by atoms with Crippen molar-refractivity contribution in [1.29, 1.82) is 0 Å². The molecule has 0 heterocycles. The van der Waals surface area contributed by atoms with Crippen LogP contribution in [0.3, 0.4) is 0 Å². The number of esters is 1. The monoisotopic (exact) mass is 217 g/mol. The number of methoxy groups -OCH3 is 1. The Kier molecular flexibility index (Phi) is 4.45. The van der Waals surface area contributed by atoms with Crippen LogP contribution in [0.25, 0.3) is 0 Å². The highest BCUT2D eigenvalue weighted by Gasteiger charge is 2.00. The summed E-state index contributed by atoms with van der Waals surface area (Å²) in [4.78, 5) is 15.4. The maximum absolute atomic E-state index is 11.0. The third-order valence-electron chi connectivity index (χ3n) is 2.16. The fourth-order valence-corrected chi connectivity index (χ4v) is 1.12. The highest BCUT2D eigenvalue weighted by molar-refractivity contribution is 6.03. The molecule has 1 rings (SSSR count). The minimum atomic E-state index is -0.361. The zero-order chi connectivity index (χ0) is 12.0. The van der Waals surface area contributed by atoms with Crippen LogP contribution in [0.15, 0.2) is 47.0 Å². The van der Waals surface area contributed by atoms with Crippen molar-refractivity contribution in [1.82, 2.24) is 0 Å². The summed E-state index contributed by atoms with van der Waals surface area (Å²) in [6, 6.07) is 9.60. The molecule has 0 atom stereocenters. The summed E-state index contributed by atoms with van der Waals surface area (Å²) in [5.74, 6) is -0.361. The predicted octanol–water partition coefficient (Wildman–Crippen LogP) is 2.90. The Balaban J connectivity index is 2.86. The Morgan fingerprint density at radius 2 is 1.88 bits per heavy atom. The normalized spacial score (nSPS) is 12.4. The van der Waals surface area contributed by atoms with Crippen LogP contribution in [-0.2, 0) is 9.53 Å². The average molecular weight is 217 g/mol. The van der Waals surface area contributed by atoms with E-state index in [0.717, 1.165) is 17.0 Å². The maximum Gasteiger partial charge on any atom is 0.330 e. The van der Waals surface area contributed by atoms with Crippen molar-refractivity contribution in [2.75, 3.05) is 7.11 Å². The van der Waals surface area contributed by atoms with E-state index in [1.165, 1.54) is 13.2 Å². The predicted molar refractivity (Wildman–Crippen MR) is 65.0 cm³/mol. The first-order valence-corrected chi connectivity index (χ1v) is 5.00. The highest BCUT2D eigenvalue weighted by atomic mass is 16.5. The van der Waals surface area contributed by atoms with Crippen LogP contribution in [-0.4, -0.2) is 18.8 Å². The Hall–Kier alpha value is -1.90. The Labute approximate surface area is 95.5 Å². The van der Waals surface area contributed by atoms with Crippen molar-refractivity contribution < 1.29 is 9.53 Å². The van der Waals surface area contributed by atoms with Gasteiger partial charge in [-0.2, -0.15) is 0 Å². The molecule has 0 aliphatic rings. The molecule has 1 aromatic rings. The van der Waals surface area contributed by atoms with E-state index in [-0.39, 0.29) is 5.97 Å². The van der Waals surface area contributed by atoms with Crippen LogP contribution < -0.4 is 0 Å². The van der Waals surface area contributed by atoms with Gasteiger partial charge in [0, 0.05) is 11.8 Å². The molecule has 0 amide bonds.